The van der Waals surface area contributed by atoms with Crippen LogP contribution in [0.25, 0.3) is 5.69 Å². The first-order chi connectivity index (χ1) is 17.4. The lowest BCUT2D eigenvalue weighted by atomic mass is 9.96. The third-order valence-electron chi connectivity index (χ3n) is 7.13. The molecule has 0 bridgehead atoms. The van der Waals surface area contributed by atoms with Crippen LogP contribution in [0.4, 0.5) is 5.69 Å². The van der Waals surface area contributed by atoms with Crippen molar-refractivity contribution in [3.63, 3.8) is 0 Å². The van der Waals surface area contributed by atoms with Crippen LogP contribution < -0.4 is 15.0 Å². The maximum Gasteiger partial charge on any atom is 0.174 e. The van der Waals surface area contributed by atoms with Crippen LogP contribution in [0.1, 0.15) is 52.8 Å². The molecule has 2 aromatic heterocycles. The molecule has 36 heavy (non-hydrogen) atoms. The van der Waals surface area contributed by atoms with Gasteiger partial charge in [-0.25, -0.2) is 0 Å². The molecule has 0 radical (unpaired) electrons. The zero-order chi connectivity index (χ0) is 25.4. The topological polar surface area (TPSA) is 42.3 Å². The highest BCUT2D eigenvalue weighted by Gasteiger charge is 2.42. The molecule has 4 aromatic rings. The van der Waals surface area contributed by atoms with E-state index in [2.05, 4.69) is 84.9 Å². The first-order valence-electron chi connectivity index (χ1n) is 12.4. The summed E-state index contributed by atoms with van der Waals surface area (Å²) < 4.78 is 8.05. The number of anilines is 1. The van der Waals surface area contributed by atoms with Crippen molar-refractivity contribution in [2.45, 2.75) is 46.7 Å². The normalized spacial score (nSPS) is 17.4. The number of aryl methyl sites for hydroxylation is 2. The summed E-state index contributed by atoms with van der Waals surface area (Å²) in [6.45, 7) is 11.4. The summed E-state index contributed by atoms with van der Waals surface area (Å²) >= 11 is 5.92. The number of ether oxygens (including phenoxy) is 1. The molecule has 0 aliphatic carbocycles. The van der Waals surface area contributed by atoms with Gasteiger partial charge in [-0.05, 0) is 112 Å². The lowest BCUT2D eigenvalue weighted by molar-refractivity contribution is 0.340. The second-order valence-electron chi connectivity index (χ2n) is 9.30. The molecule has 1 aliphatic rings. The number of benzene rings is 2. The standard InChI is InChI=1S/C30H32N4OS/c1-6-35-24-15-13-23(14-16-24)34-29(28(32-30(34)36)26-11-7-8-17-31-26)25-18-20(3)33(22(25)5)27-12-9-10-19(2)21(27)4/h7-18,28-29H,6H2,1-5H3,(H,32,36)/t28-,29-/m1/s1. The Labute approximate surface area is 218 Å². The Morgan fingerprint density at radius 1 is 0.972 bits per heavy atom. The molecule has 0 saturated carbocycles. The molecule has 184 valence electrons. The van der Waals surface area contributed by atoms with Gasteiger partial charge >= 0.3 is 0 Å². The highest BCUT2D eigenvalue weighted by molar-refractivity contribution is 7.80. The van der Waals surface area contributed by atoms with Crippen molar-refractivity contribution in [3.05, 3.63) is 107 Å². The van der Waals surface area contributed by atoms with Crippen LogP contribution in [0.3, 0.4) is 0 Å². The van der Waals surface area contributed by atoms with E-state index >= 15 is 0 Å². The Morgan fingerprint density at radius 3 is 2.44 bits per heavy atom. The predicted molar refractivity (Wildman–Crippen MR) is 150 cm³/mol. The highest BCUT2D eigenvalue weighted by Crippen LogP contribution is 2.44. The summed E-state index contributed by atoms with van der Waals surface area (Å²) in [5, 5.41) is 4.27. The third-order valence-corrected chi connectivity index (χ3v) is 7.44. The van der Waals surface area contributed by atoms with Gasteiger partial charge in [0.05, 0.1) is 24.4 Å². The second kappa shape index (κ2) is 9.78. The van der Waals surface area contributed by atoms with Gasteiger partial charge in [-0.2, -0.15) is 0 Å². The zero-order valence-electron chi connectivity index (χ0n) is 21.4. The first-order valence-corrected chi connectivity index (χ1v) is 12.8. The molecule has 3 heterocycles. The number of nitrogens with one attached hydrogen (secondary N) is 1. The van der Waals surface area contributed by atoms with Crippen molar-refractivity contribution in [1.29, 1.82) is 0 Å². The van der Waals surface area contributed by atoms with Crippen LogP contribution in [-0.4, -0.2) is 21.3 Å². The van der Waals surface area contributed by atoms with E-state index in [1.54, 1.807) is 0 Å². The first kappa shape index (κ1) is 24.1. The number of rotatable bonds is 6. The highest BCUT2D eigenvalue weighted by atomic mass is 32.1. The molecule has 0 amide bonds. The Hall–Kier alpha value is -3.64. The summed E-state index contributed by atoms with van der Waals surface area (Å²) in [6.07, 6.45) is 1.84. The monoisotopic (exact) mass is 496 g/mol. The number of nitrogens with zero attached hydrogens (tertiary/aromatic N) is 3. The maximum atomic E-state index is 5.92. The molecule has 1 aliphatic heterocycles. The minimum absolute atomic E-state index is 0.0598. The molecule has 6 heteroatoms. The fourth-order valence-electron chi connectivity index (χ4n) is 5.25. The van der Waals surface area contributed by atoms with Crippen molar-refractivity contribution >= 4 is 23.0 Å². The average molecular weight is 497 g/mol. The lowest BCUT2D eigenvalue weighted by Crippen LogP contribution is -2.29. The number of pyridine rings is 1. The van der Waals surface area contributed by atoms with Gasteiger partial charge in [-0.15, -0.1) is 0 Å². The molecule has 1 saturated heterocycles. The minimum Gasteiger partial charge on any atom is -0.494 e. The number of aromatic nitrogens is 2. The van der Waals surface area contributed by atoms with Crippen molar-refractivity contribution in [3.8, 4) is 11.4 Å². The van der Waals surface area contributed by atoms with E-state index in [-0.39, 0.29) is 12.1 Å². The van der Waals surface area contributed by atoms with Gasteiger partial charge < -0.3 is 19.5 Å². The summed E-state index contributed by atoms with van der Waals surface area (Å²) in [7, 11) is 0. The summed E-state index contributed by atoms with van der Waals surface area (Å²) in [5.41, 5.74) is 9.40. The largest absolute Gasteiger partial charge is 0.494 e. The van der Waals surface area contributed by atoms with Gasteiger partial charge in [0.2, 0.25) is 0 Å². The molecular formula is C30H32N4OS. The van der Waals surface area contributed by atoms with Gasteiger partial charge in [0.15, 0.2) is 5.11 Å². The van der Waals surface area contributed by atoms with Crippen LogP contribution in [0, 0.1) is 27.7 Å². The van der Waals surface area contributed by atoms with E-state index in [4.69, 9.17) is 21.9 Å². The molecule has 1 N–H and O–H groups in total. The Morgan fingerprint density at radius 2 is 1.75 bits per heavy atom. The zero-order valence-corrected chi connectivity index (χ0v) is 22.3. The van der Waals surface area contributed by atoms with E-state index in [0.29, 0.717) is 11.7 Å². The molecule has 0 unspecified atom stereocenters. The fraction of sp³-hybridized carbons (Fsp3) is 0.267. The van der Waals surface area contributed by atoms with Crippen molar-refractivity contribution in [1.82, 2.24) is 14.9 Å². The summed E-state index contributed by atoms with van der Waals surface area (Å²) in [6, 6.07) is 22.9. The molecule has 0 spiro atoms. The molecule has 2 atom stereocenters. The van der Waals surface area contributed by atoms with Crippen LogP contribution in [0.15, 0.2) is 72.9 Å². The van der Waals surface area contributed by atoms with Crippen LogP contribution >= 0.6 is 12.2 Å². The fourth-order valence-corrected chi connectivity index (χ4v) is 5.60. The Balaban J connectivity index is 1.66. The summed E-state index contributed by atoms with van der Waals surface area (Å²) in [5.74, 6) is 0.852. The average Bonchev–Trinajstić information content (AvgIpc) is 3.37. The van der Waals surface area contributed by atoms with Crippen molar-refractivity contribution in [2.75, 3.05) is 11.5 Å². The third kappa shape index (κ3) is 4.16. The van der Waals surface area contributed by atoms with Crippen LogP contribution in [-0.2, 0) is 0 Å². The van der Waals surface area contributed by atoms with Gasteiger partial charge in [0, 0.05) is 29.0 Å². The summed E-state index contributed by atoms with van der Waals surface area (Å²) in [4.78, 5) is 6.93. The molecule has 5 rings (SSSR count). The van der Waals surface area contributed by atoms with Crippen LogP contribution in [0.5, 0.6) is 5.75 Å². The van der Waals surface area contributed by atoms with E-state index in [1.165, 1.54) is 33.8 Å². The van der Waals surface area contributed by atoms with Crippen LogP contribution in [0.2, 0.25) is 0 Å². The van der Waals surface area contributed by atoms with Crippen molar-refractivity contribution < 1.29 is 4.74 Å². The van der Waals surface area contributed by atoms with E-state index in [9.17, 15) is 0 Å². The number of hydrogen-bond acceptors (Lipinski definition) is 3. The molecule has 1 fully saturated rings. The van der Waals surface area contributed by atoms with Gasteiger partial charge in [-0.1, -0.05) is 18.2 Å². The number of thiocarbonyl (C=S) groups is 1. The SMILES string of the molecule is CCOc1ccc(N2C(=S)N[C@H](c3ccccn3)[C@H]2c2cc(C)n(-c3cccc(C)c3C)c2C)cc1. The molecule has 2 aromatic carbocycles. The molecular weight excluding hydrogens is 464 g/mol. The Kier molecular flexibility index (Phi) is 6.54. The van der Waals surface area contributed by atoms with E-state index in [0.717, 1.165) is 17.1 Å². The quantitative estimate of drug-likeness (QED) is 0.302. The Bertz CT molecular complexity index is 1390. The molecule has 5 nitrogen and oxygen atoms in total. The van der Waals surface area contributed by atoms with E-state index in [1.807, 2.05) is 37.4 Å². The van der Waals surface area contributed by atoms with E-state index < -0.39 is 0 Å². The van der Waals surface area contributed by atoms with Gasteiger partial charge in [-0.3, -0.25) is 4.98 Å². The predicted octanol–water partition coefficient (Wildman–Crippen LogP) is 6.68. The maximum absolute atomic E-state index is 5.92. The minimum atomic E-state index is -0.0853. The van der Waals surface area contributed by atoms with Gasteiger partial charge in [0.1, 0.15) is 5.75 Å². The van der Waals surface area contributed by atoms with Gasteiger partial charge in [0.25, 0.3) is 0 Å². The van der Waals surface area contributed by atoms with Crippen molar-refractivity contribution in [2.24, 2.45) is 0 Å². The lowest BCUT2D eigenvalue weighted by Gasteiger charge is -2.28. The number of hydrogen-bond donors (Lipinski definition) is 1. The smallest absolute Gasteiger partial charge is 0.174 e. The second-order valence-corrected chi connectivity index (χ2v) is 9.69.